The van der Waals surface area contributed by atoms with Crippen molar-refractivity contribution in [3.8, 4) is 0 Å². The highest BCUT2D eigenvalue weighted by Crippen LogP contribution is 2.48. The number of hydrogen-bond acceptors (Lipinski definition) is 2. The molecule has 0 fully saturated rings. The van der Waals surface area contributed by atoms with Crippen molar-refractivity contribution in [2.24, 2.45) is 17.2 Å². The second kappa shape index (κ2) is 5.98. The Morgan fingerprint density at radius 3 is 2.50 bits per heavy atom. The van der Waals surface area contributed by atoms with Gasteiger partial charge in [0.05, 0.1) is 0 Å². The monoisotopic (exact) mass is 292 g/mol. The molecule has 0 saturated carbocycles. The lowest BCUT2D eigenvalue weighted by Gasteiger charge is -2.34. The fourth-order valence-corrected chi connectivity index (χ4v) is 3.54. The molecule has 0 aromatic heterocycles. The largest absolute Gasteiger partial charge is 0.290 e. The van der Waals surface area contributed by atoms with Gasteiger partial charge in [0.25, 0.3) is 0 Å². The van der Waals surface area contributed by atoms with Crippen LogP contribution in [0, 0.1) is 11.3 Å². The van der Waals surface area contributed by atoms with Crippen molar-refractivity contribution >= 4 is 5.57 Å². The second-order valence-electron chi connectivity index (χ2n) is 6.24. The van der Waals surface area contributed by atoms with E-state index in [-0.39, 0.29) is 5.41 Å². The van der Waals surface area contributed by atoms with Gasteiger partial charge in [-0.1, -0.05) is 74.1 Å². The number of hydrogen-bond donors (Lipinski definition) is 1. The van der Waals surface area contributed by atoms with Crippen LogP contribution in [-0.2, 0) is 0 Å². The highest BCUT2D eigenvalue weighted by atomic mass is 15.4. The number of nitrogens with two attached hydrogens (primary N) is 1. The Morgan fingerprint density at radius 1 is 1.18 bits per heavy atom. The maximum absolute atomic E-state index is 6.33. The predicted molar refractivity (Wildman–Crippen MR) is 93.3 cm³/mol. The Labute approximate surface area is 133 Å². The summed E-state index contributed by atoms with van der Waals surface area (Å²) in [6, 6.07) is 10.6. The summed E-state index contributed by atoms with van der Waals surface area (Å²) in [5, 5.41) is 1.82. The van der Waals surface area contributed by atoms with Crippen LogP contribution in [0.25, 0.3) is 5.57 Å². The molecule has 1 aromatic rings. The smallest absolute Gasteiger partial charge is 0.0486 e. The zero-order chi connectivity index (χ0) is 15.6. The fourth-order valence-electron chi connectivity index (χ4n) is 3.54. The standard InChI is InChI=1S/C20H24N2/c1-3-9-18(16-10-5-4-6-11-16)19-20(2,14-15-22(19)21)17-12-7-8-13-17/h4-8,10-15,17H,3,9,21H2,1-2H3. The third-order valence-electron chi connectivity index (χ3n) is 4.70. The molecule has 1 aliphatic heterocycles. The first-order valence-corrected chi connectivity index (χ1v) is 8.04. The van der Waals surface area contributed by atoms with Gasteiger partial charge in [0.1, 0.15) is 0 Å². The molecule has 1 unspecified atom stereocenters. The maximum Gasteiger partial charge on any atom is 0.0486 e. The van der Waals surface area contributed by atoms with Gasteiger partial charge in [-0.2, -0.15) is 0 Å². The SMILES string of the molecule is CCCC(=C1N(N)C=CC1(C)C1C=CC=C1)c1ccccc1. The van der Waals surface area contributed by atoms with Crippen molar-refractivity contribution < 1.29 is 0 Å². The van der Waals surface area contributed by atoms with E-state index in [0.29, 0.717) is 5.92 Å². The normalized spacial score (nSPS) is 26.2. The number of hydrazine groups is 1. The molecule has 0 spiro atoms. The van der Waals surface area contributed by atoms with Crippen LogP contribution in [0.5, 0.6) is 0 Å². The van der Waals surface area contributed by atoms with E-state index >= 15 is 0 Å². The van der Waals surface area contributed by atoms with Gasteiger partial charge < -0.3 is 0 Å². The van der Waals surface area contributed by atoms with E-state index < -0.39 is 0 Å². The first-order chi connectivity index (χ1) is 10.7. The summed E-state index contributed by atoms with van der Waals surface area (Å²) in [7, 11) is 0. The van der Waals surface area contributed by atoms with Crippen LogP contribution in [0.4, 0.5) is 0 Å². The third-order valence-corrected chi connectivity index (χ3v) is 4.70. The van der Waals surface area contributed by atoms with E-state index in [9.17, 15) is 0 Å². The van der Waals surface area contributed by atoms with E-state index in [1.54, 1.807) is 0 Å². The molecule has 1 aliphatic carbocycles. The lowest BCUT2D eigenvalue weighted by molar-refractivity contribution is 0.359. The molecule has 1 aromatic carbocycles. The predicted octanol–water partition coefficient (Wildman–Crippen LogP) is 4.65. The fraction of sp³-hybridized carbons (Fsp3) is 0.300. The molecular formula is C20H24N2. The van der Waals surface area contributed by atoms with Crippen LogP contribution in [0.2, 0.25) is 0 Å². The van der Waals surface area contributed by atoms with Crippen LogP contribution in [0.15, 0.2) is 72.6 Å². The van der Waals surface area contributed by atoms with E-state index in [2.05, 4.69) is 74.6 Å². The molecule has 22 heavy (non-hydrogen) atoms. The molecule has 1 atom stereocenters. The Balaban J connectivity index is 2.14. The molecule has 0 radical (unpaired) electrons. The third kappa shape index (κ3) is 2.44. The highest BCUT2D eigenvalue weighted by molar-refractivity contribution is 5.71. The molecule has 0 bridgehead atoms. The Hall–Kier alpha value is -2.06. The van der Waals surface area contributed by atoms with Crippen molar-refractivity contribution in [3.05, 3.63) is 78.2 Å². The molecule has 114 valence electrons. The lowest BCUT2D eigenvalue weighted by atomic mass is 9.73. The van der Waals surface area contributed by atoms with Gasteiger partial charge in [0.15, 0.2) is 0 Å². The molecule has 2 heteroatoms. The highest BCUT2D eigenvalue weighted by Gasteiger charge is 2.41. The van der Waals surface area contributed by atoms with Crippen LogP contribution in [0.1, 0.15) is 32.3 Å². The molecular weight excluding hydrogens is 268 g/mol. The van der Waals surface area contributed by atoms with Gasteiger partial charge in [0, 0.05) is 23.2 Å². The average Bonchev–Trinajstić information content (AvgIpc) is 3.17. The zero-order valence-corrected chi connectivity index (χ0v) is 13.4. The van der Waals surface area contributed by atoms with Gasteiger partial charge in [-0.05, 0) is 24.5 Å². The summed E-state index contributed by atoms with van der Waals surface area (Å²) in [4.78, 5) is 0. The summed E-state index contributed by atoms with van der Waals surface area (Å²) in [5.41, 5.74) is 3.77. The Morgan fingerprint density at radius 2 is 1.86 bits per heavy atom. The van der Waals surface area contributed by atoms with E-state index in [0.717, 1.165) is 12.8 Å². The molecule has 3 rings (SSSR count). The van der Waals surface area contributed by atoms with Gasteiger partial charge in [-0.3, -0.25) is 5.01 Å². The number of nitrogens with zero attached hydrogens (tertiary/aromatic N) is 1. The van der Waals surface area contributed by atoms with Gasteiger partial charge in [-0.15, -0.1) is 0 Å². The molecule has 2 nitrogen and oxygen atoms in total. The van der Waals surface area contributed by atoms with Crippen molar-refractivity contribution in [2.45, 2.75) is 26.7 Å². The van der Waals surface area contributed by atoms with Crippen LogP contribution < -0.4 is 5.84 Å². The summed E-state index contributed by atoms with van der Waals surface area (Å²) < 4.78 is 0. The van der Waals surface area contributed by atoms with Crippen molar-refractivity contribution in [1.29, 1.82) is 0 Å². The van der Waals surface area contributed by atoms with Gasteiger partial charge >= 0.3 is 0 Å². The molecule has 2 N–H and O–H groups in total. The van der Waals surface area contributed by atoms with Crippen LogP contribution in [-0.4, -0.2) is 5.01 Å². The maximum atomic E-state index is 6.33. The second-order valence-corrected chi connectivity index (χ2v) is 6.24. The molecule has 1 heterocycles. The topological polar surface area (TPSA) is 29.3 Å². The van der Waals surface area contributed by atoms with Gasteiger partial charge in [-0.25, -0.2) is 5.84 Å². The number of rotatable bonds is 4. The van der Waals surface area contributed by atoms with E-state index in [1.807, 2.05) is 11.2 Å². The molecule has 0 amide bonds. The quantitative estimate of drug-likeness (QED) is 0.818. The lowest BCUT2D eigenvalue weighted by Crippen LogP contribution is -2.32. The van der Waals surface area contributed by atoms with Crippen LogP contribution >= 0.6 is 0 Å². The summed E-state index contributed by atoms with van der Waals surface area (Å²) in [6.07, 6.45) is 15.2. The Bertz CT molecular complexity index is 640. The first kappa shape index (κ1) is 14.9. The zero-order valence-electron chi connectivity index (χ0n) is 13.4. The van der Waals surface area contributed by atoms with Crippen LogP contribution in [0.3, 0.4) is 0 Å². The first-order valence-electron chi connectivity index (χ1n) is 8.04. The van der Waals surface area contributed by atoms with Crippen molar-refractivity contribution in [2.75, 3.05) is 0 Å². The minimum absolute atomic E-state index is 0.0847. The molecule has 2 aliphatic rings. The minimum atomic E-state index is -0.0847. The Kier molecular flexibility index (Phi) is 4.04. The average molecular weight is 292 g/mol. The van der Waals surface area contributed by atoms with E-state index in [4.69, 9.17) is 5.84 Å². The van der Waals surface area contributed by atoms with Crippen molar-refractivity contribution in [1.82, 2.24) is 5.01 Å². The molecule has 0 saturated heterocycles. The number of allylic oxidation sites excluding steroid dienone is 6. The van der Waals surface area contributed by atoms with Gasteiger partial charge in [0.2, 0.25) is 0 Å². The van der Waals surface area contributed by atoms with E-state index in [1.165, 1.54) is 16.8 Å². The summed E-state index contributed by atoms with van der Waals surface area (Å²) in [6.45, 7) is 4.51. The van der Waals surface area contributed by atoms with Crippen molar-refractivity contribution in [3.63, 3.8) is 0 Å². The summed E-state index contributed by atoms with van der Waals surface area (Å²) >= 11 is 0. The number of benzene rings is 1. The minimum Gasteiger partial charge on any atom is -0.290 e. The summed E-state index contributed by atoms with van der Waals surface area (Å²) in [5.74, 6) is 6.69.